The van der Waals surface area contributed by atoms with E-state index in [1.165, 1.54) is 89.9 Å². The Morgan fingerprint density at radius 3 is 1.14 bits per heavy atom. The molecular weight excluding hydrogens is 258 g/mol. The lowest BCUT2D eigenvalue weighted by Gasteiger charge is -2.03. The maximum absolute atomic E-state index is 10.8. The first-order chi connectivity index (χ1) is 10.3. The number of rotatable bonds is 17. The molecule has 0 radical (unpaired) electrons. The molecule has 0 spiro atoms. The summed E-state index contributed by atoms with van der Waals surface area (Å²) < 4.78 is 0. The molecule has 126 valence electrons. The molecule has 0 aliphatic rings. The monoisotopic (exact) mass is 297 g/mol. The lowest BCUT2D eigenvalue weighted by atomic mass is 10.0. The number of unbranched alkanes of at least 4 members (excludes halogenated alkanes) is 14. The van der Waals surface area contributed by atoms with Crippen molar-refractivity contribution in [3.8, 4) is 0 Å². The molecule has 0 unspecified atom stereocenters. The summed E-state index contributed by atoms with van der Waals surface area (Å²) in [6, 6.07) is 0. The Labute approximate surface area is 133 Å². The van der Waals surface area contributed by atoms with Crippen LogP contribution in [0.3, 0.4) is 0 Å². The number of carbonyl (C=O) groups is 1. The van der Waals surface area contributed by atoms with Crippen LogP contribution in [0.1, 0.15) is 110 Å². The molecule has 0 heterocycles. The van der Waals surface area contributed by atoms with E-state index >= 15 is 0 Å². The highest BCUT2D eigenvalue weighted by Crippen LogP contribution is 2.13. The summed E-state index contributed by atoms with van der Waals surface area (Å²) in [4.78, 5) is 10.8. The molecule has 21 heavy (non-hydrogen) atoms. The molecular formula is C19H39NO. The van der Waals surface area contributed by atoms with Crippen LogP contribution in [-0.4, -0.2) is 12.3 Å². The van der Waals surface area contributed by atoms with Gasteiger partial charge in [-0.05, 0) is 26.3 Å². The molecule has 2 N–H and O–H groups in total. The van der Waals surface area contributed by atoms with E-state index in [-0.39, 0.29) is 0 Å². The van der Waals surface area contributed by atoms with E-state index in [9.17, 15) is 4.79 Å². The van der Waals surface area contributed by atoms with Gasteiger partial charge >= 0.3 is 0 Å². The van der Waals surface area contributed by atoms with Crippen molar-refractivity contribution < 1.29 is 4.79 Å². The topological polar surface area (TPSA) is 43.1 Å². The van der Waals surface area contributed by atoms with Crippen molar-refractivity contribution in [2.75, 3.05) is 6.54 Å². The molecule has 0 atom stereocenters. The smallest absolute Gasteiger partial charge is 0.129 e. The minimum absolute atomic E-state index is 0.342. The number of hydrogen-bond acceptors (Lipinski definition) is 2. The van der Waals surface area contributed by atoms with Gasteiger partial charge in [0, 0.05) is 6.42 Å². The van der Waals surface area contributed by atoms with Gasteiger partial charge in [0.05, 0.1) is 0 Å². The summed E-state index contributed by atoms with van der Waals surface area (Å²) in [7, 11) is 0. The first-order valence-corrected chi connectivity index (χ1v) is 9.47. The zero-order chi connectivity index (χ0) is 15.6. The van der Waals surface area contributed by atoms with E-state index in [4.69, 9.17) is 5.73 Å². The maximum Gasteiger partial charge on any atom is 0.129 e. The minimum Gasteiger partial charge on any atom is -0.330 e. The summed E-state index contributed by atoms with van der Waals surface area (Å²) in [5.74, 6) is 0.342. The van der Waals surface area contributed by atoms with Crippen LogP contribution >= 0.6 is 0 Å². The highest BCUT2D eigenvalue weighted by Gasteiger charge is 1.95. The SMILES string of the molecule is CC(=O)CCCCCCCCCCCCCCCCCN. The predicted octanol–water partition coefficient (Wildman–Crippen LogP) is 5.78. The van der Waals surface area contributed by atoms with Gasteiger partial charge in [-0.3, -0.25) is 0 Å². The quantitative estimate of drug-likeness (QED) is 0.346. The summed E-state index contributed by atoms with van der Waals surface area (Å²) in [6.45, 7) is 2.55. The number of carbonyl (C=O) groups excluding carboxylic acids is 1. The Morgan fingerprint density at radius 1 is 0.571 bits per heavy atom. The summed E-state index contributed by atoms with van der Waals surface area (Å²) in [5.41, 5.74) is 5.48. The van der Waals surface area contributed by atoms with Crippen molar-refractivity contribution in [2.24, 2.45) is 5.73 Å². The third kappa shape index (κ3) is 19.6. The van der Waals surface area contributed by atoms with Gasteiger partial charge in [0.15, 0.2) is 0 Å². The maximum atomic E-state index is 10.8. The molecule has 0 rings (SSSR count). The fourth-order valence-electron chi connectivity index (χ4n) is 2.82. The lowest BCUT2D eigenvalue weighted by Crippen LogP contribution is -1.97. The molecule has 0 aliphatic carbocycles. The zero-order valence-corrected chi connectivity index (χ0v) is 14.5. The van der Waals surface area contributed by atoms with Crippen LogP contribution in [-0.2, 0) is 4.79 Å². The van der Waals surface area contributed by atoms with E-state index in [0.29, 0.717) is 5.78 Å². The molecule has 0 saturated heterocycles. The highest BCUT2D eigenvalue weighted by atomic mass is 16.1. The van der Waals surface area contributed by atoms with Crippen molar-refractivity contribution in [2.45, 2.75) is 110 Å². The first-order valence-electron chi connectivity index (χ1n) is 9.47. The minimum atomic E-state index is 0.342. The van der Waals surface area contributed by atoms with E-state index < -0.39 is 0 Å². The summed E-state index contributed by atoms with van der Waals surface area (Å²) in [5, 5.41) is 0. The molecule has 2 nitrogen and oxygen atoms in total. The number of Topliss-reactive ketones (excluding diaryl/α,β-unsaturated/α-hetero) is 1. The Morgan fingerprint density at radius 2 is 0.857 bits per heavy atom. The lowest BCUT2D eigenvalue weighted by molar-refractivity contribution is -0.117. The zero-order valence-electron chi connectivity index (χ0n) is 14.5. The summed E-state index contributed by atoms with van der Waals surface area (Å²) in [6.07, 6.45) is 21.0. The third-order valence-electron chi connectivity index (χ3n) is 4.23. The Balaban J connectivity index is 2.95. The van der Waals surface area contributed by atoms with Crippen molar-refractivity contribution in [3.05, 3.63) is 0 Å². The molecule has 0 aromatic rings. The summed E-state index contributed by atoms with van der Waals surface area (Å²) >= 11 is 0. The van der Waals surface area contributed by atoms with Crippen LogP contribution in [0.5, 0.6) is 0 Å². The van der Waals surface area contributed by atoms with Gasteiger partial charge in [-0.2, -0.15) is 0 Å². The van der Waals surface area contributed by atoms with Crippen LogP contribution in [0.15, 0.2) is 0 Å². The van der Waals surface area contributed by atoms with Gasteiger partial charge in [0.25, 0.3) is 0 Å². The van der Waals surface area contributed by atoms with E-state index in [1.54, 1.807) is 6.92 Å². The van der Waals surface area contributed by atoms with E-state index in [0.717, 1.165) is 19.4 Å². The van der Waals surface area contributed by atoms with E-state index in [2.05, 4.69) is 0 Å². The number of hydrogen-bond donors (Lipinski definition) is 1. The molecule has 0 aromatic heterocycles. The van der Waals surface area contributed by atoms with E-state index in [1.807, 2.05) is 0 Å². The van der Waals surface area contributed by atoms with Gasteiger partial charge in [-0.25, -0.2) is 0 Å². The van der Waals surface area contributed by atoms with Crippen LogP contribution in [0.2, 0.25) is 0 Å². The predicted molar refractivity (Wildman–Crippen MR) is 93.6 cm³/mol. The van der Waals surface area contributed by atoms with Crippen molar-refractivity contribution in [1.82, 2.24) is 0 Å². The van der Waals surface area contributed by atoms with Crippen LogP contribution in [0, 0.1) is 0 Å². The molecule has 0 aliphatic heterocycles. The fourth-order valence-corrected chi connectivity index (χ4v) is 2.82. The second kappa shape index (κ2) is 17.7. The average Bonchev–Trinajstić information content (AvgIpc) is 2.46. The molecule has 0 amide bonds. The second-order valence-electron chi connectivity index (χ2n) is 6.54. The van der Waals surface area contributed by atoms with Gasteiger partial charge in [0.2, 0.25) is 0 Å². The normalized spacial score (nSPS) is 11.0. The number of nitrogens with two attached hydrogens (primary N) is 1. The highest BCUT2D eigenvalue weighted by molar-refractivity contribution is 5.75. The largest absolute Gasteiger partial charge is 0.330 e. The Kier molecular flexibility index (Phi) is 17.4. The average molecular weight is 298 g/mol. The molecule has 0 fully saturated rings. The van der Waals surface area contributed by atoms with Gasteiger partial charge < -0.3 is 10.5 Å². The van der Waals surface area contributed by atoms with Crippen LogP contribution in [0.4, 0.5) is 0 Å². The van der Waals surface area contributed by atoms with Gasteiger partial charge in [-0.15, -0.1) is 0 Å². The first kappa shape index (κ1) is 20.6. The van der Waals surface area contributed by atoms with Gasteiger partial charge in [0.1, 0.15) is 5.78 Å². The van der Waals surface area contributed by atoms with Gasteiger partial charge in [-0.1, -0.05) is 83.5 Å². The molecule has 0 saturated carbocycles. The fraction of sp³-hybridized carbons (Fsp3) is 0.947. The second-order valence-corrected chi connectivity index (χ2v) is 6.54. The number of ketones is 1. The van der Waals surface area contributed by atoms with Crippen molar-refractivity contribution in [3.63, 3.8) is 0 Å². The van der Waals surface area contributed by atoms with Crippen molar-refractivity contribution in [1.29, 1.82) is 0 Å². The molecule has 0 aromatic carbocycles. The molecule has 0 bridgehead atoms. The molecule has 2 heteroatoms. The Bertz CT molecular complexity index is 216. The third-order valence-corrected chi connectivity index (χ3v) is 4.23. The Hall–Kier alpha value is -0.370. The van der Waals surface area contributed by atoms with Crippen LogP contribution in [0.25, 0.3) is 0 Å². The standard InChI is InChI=1S/C19H39NO/c1-19(21)17-15-13-11-9-7-5-3-2-4-6-8-10-12-14-16-18-20/h2-18,20H2,1H3. The van der Waals surface area contributed by atoms with Crippen LogP contribution < -0.4 is 5.73 Å². The van der Waals surface area contributed by atoms with Crippen molar-refractivity contribution >= 4 is 5.78 Å².